The Kier molecular flexibility index (Phi) is 5.77. The van der Waals surface area contributed by atoms with Crippen LogP contribution < -0.4 is 0 Å². The molecule has 0 aliphatic carbocycles. The van der Waals surface area contributed by atoms with Crippen molar-refractivity contribution >= 4 is 5.97 Å². The molecule has 2 nitrogen and oxygen atoms in total. The summed E-state index contributed by atoms with van der Waals surface area (Å²) in [6.07, 6.45) is 3.37. The Bertz CT molecular complexity index is 132. The van der Waals surface area contributed by atoms with Gasteiger partial charge in [0.25, 0.3) is 0 Å². The molecule has 0 aromatic heterocycles. The Morgan fingerprint density at radius 1 is 1.33 bits per heavy atom. The summed E-state index contributed by atoms with van der Waals surface area (Å²) in [4.78, 5) is 10.2. The van der Waals surface area contributed by atoms with E-state index in [4.69, 9.17) is 5.11 Å². The van der Waals surface area contributed by atoms with E-state index in [1.54, 1.807) is 0 Å². The Morgan fingerprint density at radius 3 is 2.33 bits per heavy atom. The van der Waals surface area contributed by atoms with Gasteiger partial charge in [-0.1, -0.05) is 27.2 Å². The highest BCUT2D eigenvalue weighted by Crippen LogP contribution is 2.20. The van der Waals surface area contributed by atoms with Crippen molar-refractivity contribution in [2.45, 2.75) is 46.5 Å². The molecule has 2 unspecified atom stereocenters. The van der Waals surface area contributed by atoms with Gasteiger partial charge in [0.05, 0.1) is 0 Å². The van der Waals surface area contributed by atoms with Crippen molar-refractivity contribution in [2.75, 3.05) is 0 Å². The summed E-state index contributed by atoms with van der Waals surface area (Å²) in [6.45, 7) is 6.61. The third-order valence-corrected chi connectivity index (χ3v) is 2.67. The second kappa shape index (κ2) is 6.04. The van der Waals surface area contributed by atoms with E-state index in [9.17, 15) is 4.79 Å². The Balaban J connectivity index is 3.43. The summed E-state index contributed by atoms with van der Waals surface area (Å²) in [5.74, 6) is 0.708. The van der Waals surface area contributed by atoms with Crippen LogP contribution in [0.2, 0.25) is 0 Å². The van der Waals surface area contributed by atoms with Crippen LogP contribution in [0.15, 0.2) is 0 Å². The average Bonchev–Trinajstić information content (AvgIpc) is 2.02. The maximum absolute atomic E-state index is 10.2. The minimum atomic E-state index is -0.675. The lowest BCUT2D eigenvalue weighted by molar-refractivity contribution is -0.137. The maximum Gasteiger partial charge on any atom is 0.303 e. The van der Waals surface area contributed by atoms with Gasteiger partial charge in [0.2, 0.25) is 0 Å². The number of carbonyl (C=O) groups is 1. The fourth-order valence-electron chi connectivity index (χ4n) is 1.26. The van der Waals surface area contributed by atoms with Gasteiger partial charge in [0, 0.05) is 6.42 Å². The third-order valence-electron chi connectivity index (χ3n) is 2.67. The molecule has 0 aliphatic heterocycles. The van der Waals surface area contributed by atoms with Gasteiger partial charge in [-0.05, 0) is 24.7 Å². The first kappa shape index (κ1) is 11.5. The van der Waals surface area contributed by atoms with E-state index in [-0.39, 0.29) is 0 Å². The molecular formula is C10H20O2. The van der Waals surface area contributed by atoms with Crippen LogP contribution in [-0.4, -0.2) is 11.1 Å². The first-order valence-corrected chi connectivity index (χ1v) is 4.79. The molecule has 0 rings (SSSR count). The van der Waals surface area contributed by atoms with Gasteiger partial charge in [-0.2, -0.15) is 0 Å². The zero-order valence-corrected chi connectivity index (χ0v) is 8.34. The van der Waals surface area contributed by atoms with Crippen LogP contribution in [0.3, 0.4) is 0 Å². The van der Waals surface area contributed by atoms with Crippen LogP contribution in [0.4, 0.5) is 0 Å². The van der Waals surface area contributed by atoms with Crippen molar-refractivity contribution < 1.29 is 9.90 Å². The predicted molar refractivity (Wildman–Crippen MR) is 50.1 cm³/mol. The van der Waals surface area contributed by atoms with Crippen LogP contribution in [0.25, 0.3) is 0 Å². The summed E-state index contributed by atoms with van der Waals surface area (Å²) < 4.78 is 0. The first-order valence-electron chi connectivity index (χ1n) is 4.79. The van der Waals surface area contributed by atoms with E-state index < -0.39 is 5.97 Å². The number of carboxylic acid groups (broad SMARTS) is 1. The average molecular weight is 172 g/mol. The molecule has 2 heteroatoms. The molecule has 72 valence electrons. The van der Waals surface area contributed by atoms with Gasteiger partial charge < -0.3 is 5.11 Å². The minimum absolute atomic E-state index is 0.320. The van der Waals surface area contributed by atoms with Crippen LogP contribution in [0.1, 0.15) is 46.5 Å². The normalized spacial score (nSPS) is 15.6. The molecule has 0 bridgehead atoms. The van der Waals surface area contributed by atoms with Gasteiger partial charge in [-0.25, -0.2) is 0 Å². The number of carboxylic acids is 1. The molecule has 0 amide bonds. The summed E-state index contributed by atoms with van der Waals surface area (Å²) in [5.41, 5.74) is 0. The zero-order chi connectivity index (χ0) is 9.56. The summed E-state index contributed by atoms with van der Waals surface area (Å²) in [6, 6.07) is 0. The van der Waals surface area contributed by atoms with E-state index in [0.717, 1.165) is 18.8 Å². The highest BCUT2D eigenvalue weighted by molar-refractivity contribution is 5.66. The van der Waals surface area contributed by atoms with Crippen molar-refractivity contribution in [1.82, 2.24) is 0 Å². The lowest BCUT2D eigenvalue weighted by Crippen LogP contribution is -2.07. The molecule has 0 spiro atoms. The molecule has 12 heavy (non-hydrogen) atoms. The zero-order valence-electron chi connectivity index (χ0n) is 8.34. The summed E-state index contributed by atoms with van der Waals surface area (Å²) >= 11 is 0. The molecule has 0 heterocycles. The van der Waals surface area contributed by atoms with E-state index in [1.807, 2.05) is 0 Å². The molecule has 1 N–H and O–H groups in total. The fourth-order valence-corrected chi connectivity index (χ4v) is 1.26. The van der Waals surface area contributed by atoms with Gasteiger partial charge in [-0.15, -0.1) is 0 Å². The number of aliphatic carboxylic acids is 1. The molecule has 0 fully saturated rings. The minimum Gasteiger partial charge on any atom is -0.481 e. The van der Waals surface area contributed by atoms with Gasteiger partial charge in [0.15, 0.2) is 0 Å². The number of rotatable bonds is 6. The van der Waals surface area contributed by atoms with Crippen molar-refractivity contribution in [3.8, 4) is 0 Å². The molecule has 2 atom stereocenters. The number of hydrogen-bond acceptors (Lipinski definition) is 1. The van der Waals surface area contributed by atoms with E-state index >= 15 is 0 Å². The van der Waals surface area contributed by atoms with E-state index in [2.05, 4.69) is 20.8 Å². The lowest BCUT2D eigenvalue weighted by Gasteiger charge is -2.17. The molecule has 0 radical (unpaired) electrons. The van der Waals surface area contributed by atoms with E-state index in [1.165, 1.54) is 6.42 Å². The van der Waals surface area contributed by atoms with Crippen molar-refractivity contribution in [2.24, 2.45) is 11.8 Å². The van der Waals surface area contributed by atoms with Crippen molar-refractivity contribution in [3.05, 3.63) is 0 Å². The van der Waals surface area contributed by atoms with Crippen LogP contribution in [-0.2, 0) is 4.79 Å². The van der Waals surface area contributed by atoms with Crippen LogP contribution >= 0.6 is 0 Å². The first-order chi connectivity index (χ1) is 5.57. The smallest absolute Gasteiger partial charge is 0.303 e. The Hall–Kier alpha value is -0.530. The topological polar surface area (TPSA) is 37.3 Å². The van der Waals surface area contributed by atoms with Crippen LogP contribution in [0, 0.1) is 11.8 Å². The predicted octanol–water partition coefficient (Wildman–Crippen LogP) is 2.92. The van der Waals surface area contributed by atoms with Gasteiger partial charge >= 0.3 is 5.97 Å². The summed E-state index contributed by atoms with van der Waals surface area (Å²) in [5, 5.41) is 8.42. The van der Waals surface area contributed by atoms with Crippen LogP contribution in [0.5, 0.6) is 0 Å². The van der Waals surface area contributed by atoms with E-state index in [0.29, 0.717) is 12.3 Å². The molecule has 0 saturated heterocycles. The van der Waals surface area contributed by atoms with Crippen molar-refractivity contribution in [3.63, 3.8) is 0 Å². The third kappa shape index (κ3) is 5.16. The molecule has 0 saturated carbocycles. The quantitative estimate of drug-likeness (QED) is 0.668. The Morgan fingerprint density at radius 2 is 1.92 bits per heavy atom. The second-order valence-corrected chi connectivity index (χ2v) is 3.65. The summed E-state index contributed by atoms with van der Waals surface area (Å²) in [7, 11) is 0. The highest BCUT2D eigenvalue weighted by atomic mass is 16.4. The largest absolute Gasteiger partial charge is 0.481 e. The molecule has 0 aromatic rings. The van der Waals surface area contributed by atoms with Crippen molar-refractivity contribution in [1.29, 1.82) is 0 Å². The van der Waals surface area contributed by atoms with Gasteiger partial charge in [0.1, 0.15) is 0 Å². The second-order valence-electron chi connectivity index (χ2n) is 3.65. The fraction of sp³-hybridized carbons (Fsp3) is 0.900. The monoisotopic (exact) mass is 172 g/mol. The SMILES string of the molecule is CCC(C)C(C)CCCC(=O)O. The molecule has 0 aromatic carbocycles. The standard InChI is InChI=1S/C10H20O2/c1-4-8(2)9(3)6-5-7-10(11)12/h8-9H,4-7H2,1-3H3,(H,11,12). The maximum atomic E-state index is 10.2. The highest BCUT2D eigenvalue weighted by Gasteiger charge is 2.10. The Labute approximate surface area is 75.0 Å². The number of hydrogen-bond donors (Lipinski definition) is 1. The molecular weight excluding hydrogens is 152 g/mol. The molecule has 0 aliphatic rings. The lowest BCUT2D eigenvalue weighted by atomic mass is 9.89. The van der Waals surface area contributed by atoms with Gasteiger partial charge in [-0.3, -0.25) is 4.79 Å².